The van der Waals surface area contributed by atoms with Gasteiger partial charge in [0.25, 0.3) is 0 Å². The maximum atomic E-state index is 13.0. The van der Waals surface area contributed by atoms with E-state index in [-0.39, 0.29) is 17.8 Å². The van der Waals surface area contributed by atoms with E-state index in [9.17, 15) is 9.18 Å². The van der Waals surface area contributed by atoms with Crippen LogP contribution < -0.4 is 0 Å². The number of benzene rings is 2. The normalized spacial score (nSPS) is 17.8. The summed E-state index contributed by atoms with van der Waals surface area (Å²) in [4.78, 5) is 14.3. The lowest BCUT2D eigenvalue weighted by Gasteiger charge is -2.33. The Kier molecular flexibility index (Phi) is 5.63. The van der Waals surface area contributed by atoms with Crippen molar-refractivity contribution in [1.82, 2.24) is 4.90 Å². The maximum Gasteiger partial charge on any atom is 0.223 e. The Hall–Kier alpha value is -1.72. The Labute approximate surface area is 149 Å². The van der Waals surface area contributed by atoms with E-state index in [1.54, 1.807) is 12.1 Å². The molecule has 24 heavy (non-hydrogen) atoms. The lowest BCUT2D eigenvalue weighted by Crippen LogP contribution is -2.42. The number of aryl methyl sites for hydroxylation is 1. The molecule has 0 radical (unpaired) electrons. The van der Waals surface area contributed by atoms with E-state index in [1.807, 2.05) is 29.2 Å². The molecule has 5 heteroatoms. The number of morpholine rings is 1. The van der Waals surface area contributed by atoms with Gasteiger partial charge < -0.3 is 9.64 Å². The quantitative estimate of drug-likeness (QED) is 0.784. The number of nitrogens with zero attached hydrogens (tertiary/aromatic N) is 1. The summed E-state index contributed by atoms with van der Waals surface area (Å²) >= 11 is 3.45. The van der Waals surface area contributed by atoms with E-state index >= 15 is 0 Å². The Balaban J connectivity index is 1.57. The van der Waals surface area contributed by atoms with Crippen molar-refractivity contribution in [2.75, 3.05) is 19.7 Å². The van der Waals surface area contributed by atoms with Crippen LogP contribution in [0.15, 0.2) is 53.0 Å². The minimum absolute atomic E-state index is 0.130. The van der Waals surface area contributed by atoms with Crippen molar-refractivity contribution < 1.29 is 13.9 Å². The zero-order valence-corrected chi connectivity index (χ0v) is 14.8. The van der Waals surface area contributed by atoms with Crippen LogP contribution in [-0.4, -0.2) is 30.5 Å². The summed E-state index contributed by atoms with van der Waals surface area (Å²) < 4.78 is 19.8. The van der Waals surface area contributed by atoms with Crippen LogP contribution in [0.2, 0.25) is 0 Å². The highest BCUT2D eigenvalue weighted by molar-refractivity contribution is 9.10. The molecule has 0 saturated carbocycles. The topological polar surface area (TPSA) is 29.5 Å². The van der Waals surface area contributed by atoms with E-state index in [0.29, 0.717) is 26.1 Å². The summed E-state index contributed by atoms with van der Waals surface area (Å²) in [6.45, 7) is 1.63. The van der Waals surface area contributed by atoms with Crippen LogP contribution in [0.5, 0.6) is 0 Å². The molecule has 1 saturated heterocycles. The van der Waals surface area contributed by atoms with Gasteiger partial charge in [0, 0.05) is 17.4 Å². The first-order valence-corrected chi connectivity index (χ1v) is 8.80. The van der Waals surface area contributed by atoms with Crippen molar-refractivity contribution in [3.8, 4) is 0 Å². The molecule has 1 atom stereocenters. The van der Waals surface area contributed by atoms with Gasteiger partial charge in [0.1, 0.15) is 11.9 Å². The van der Waals surface area contributed by atoms with Crippen LogP contribution >= 0.6 is 15.9 Å². The summed E-state index contributed by atoms with van der Waals surface area (Å²) in [6, 6.07) is 14.3. The third-order valence-corrected chi connectivity index (χ3v) is 4.67. The second kappa shape index (κ2) is 7.90. The van der Waals surface area contributed by atoms with Gasteiger partial charge in [0.05, 0.1) is 13.2 Å². The SMILES string of the molecule is O=C(CCc1cccc(Br)c1)N1CCOC(c2ccc(F)cc2)C1. The Morgan fingerprint density at radius 1 is 1.25 bits per heavy atom. The largest absolute Gasteiger partial charge is 0.370 e. The maximum absolute atomic E-state index is 13.0. The second-order valence-corrected chi connectivity index (χ2v) is 6.80. The van der Waals surface area contributed by atoms with Crippen LogP contribution in [0, 0.1) is 5.82 Å². The monoisotopic (exact) mass is 391 g/mol. The van der Waals surface area contributed by atoms with Gasteiger partial charge in [-0.1, -0.05) is 40.2 Å². The lowest BCUT2D eigenvalue weighted by molar-refractivity contribution is -0.139. The lowest BCUT2D eigenvalue weighted by atomic mass is 10.1. The number of ether oxygens (including phenoxy) is 1. The van der Waals surface area contributed by atoms with Crippen LogP contribution in [0.3, 0.4) is 0 Å². The summed E-state index contributed by atoms with van der Waals surface area (Å²) in [5.74, 6) is -0.137. The first kappa shape index (κ1) is 17.1. The molecule has 0 N–H and O–H groups in total. The van der Waals surface area contributed by atoms with Crippen LogP contribution in [0.4, 0.5) is 4.39 Å². The number of hydrogen-bond acceptors (Lipinski definition) is 2. The van der Waals surface area contributed by atoms with Gasteiger partial charge in [-0.3, -0.25) is 4.79 Å². The first-order chi connectivity index (χ1) is 11.6. The van der Waals surface area contributed by atoms with Crippen LogP contribution in [0.1, 0.15) is 23.7 Å². The van der Waals surface area contributed by atoms with E-state index in [0.717, 1.165) is 22.0 Å². The zero-order valence-electron chi connectivity index (χ0n) is 13.3. The van der Waals surface area contributed by atoms with Crippen LogP contribution in [0.25, 0.3) is 0 Å². The van der Waals surface area contributed by atoms with Crippen LogP contribution in [-0.2, 0) is 16.0 Å². The fourth-order valence-electron chi connectivity index (χ4n) is 2.86. The van der Waals surface area contributed by atoms with Gasteiger partial charge in [-0.2, -0.15) is 0 Å². The summed E-state index contributed by atoms with van der Waals surface area (Å²) in [6.07, 6.45) is 1.01. The zero-order chi connectivity index (χ0) is 16.9. The van der Waals surface area contributed by atoms with E-state index in [4.69, 9.17) is 4.74 Å². The molecule has 126 valence electrons. The fraction of sp³-hybridized carbons (Fsp3) is 0.316. The van der Waals surface area contributed by atoms with E-state index in [1.165, 1.54) is 12.1 Å². The highest BCUT2D eigenvalue weighted by Crippen LogP contribution is 2.23. The number of amides is 1. The summed E-state index contributed by atoms with van der Waals surface area (Å²) in [5, 5.41) is 0. The average molecular weight is 392 g/mol. The molecule has 1 aliphatic rings. The van der Waals surface area contributed by atoms with E-state index < -0.39 is 0 Å². The third-order valence-electron chi connectivity index (χ3n) is 4.18. The Morgan fingerprint density at radius 2 is 2.04 bits per heavy atom. The highest BCUT2D eigenvalue weighted by atomic mass is 79.9. The number of halogens is 2. The number of rotatable bonds is 4. The molecule has 1 fully saturated rings. The highest BCUT2D eigenvalue weighted by Gasteiger charge is 2.25. The van der Waals surface area contributed by atoms with Gasteiger partial charge in [-0.25, -0.2) is 4.39 Å². The van der Waals surface area contributed by atoms with Crippen molar-refractivity contribution in [2.24, 2.45) is 0 Å². The van der Waals surface area contributed by atoms with Crippen molar-refractivity contribution in [3.05, 3.63) is 69.9 Å². The van der Waals surface area contributed by atoms with Gasteiger partial charge in [-0.15, -0.1) is 0 Å². The molecular formula is C19H19BrFNO2. The molecule has 0 aliphatic carbocycles. The molecule has 1 heterocycles. The van der Waals surface area contributed by atoms with E-state index in [2.05, 4.69) is 15.9 Å². The number of carbonyl (C=O) groups excluding carboxylic acids is 1. The predicted octanol–water partition coefficient (Wildman–Crippen LogP) is 4.12. The molecule has 0 bridgehead atoms. The first-order valence-electron chi connectivity index (χ1n) is 8.01. The smallest absolute Gasteiger partial charge is 0.223 e. The van der Waals surface area contributed by atoms with Gasteiger partial charge in [-0.05, 0) is 41.8 Å². The average Bonchev–Trinajstić information content (AvgIpc) is 2.60. The minimum atomic E-state index is -0.267. The molecule has 1 unspecified atom stereocenters. The molecule has 2 aromatic rings. The van der Waals surface area contributed by atoms with Crippen molar-refractivity contribution in [1.29, 1.82) is 0 Å². The Bertz CT molecular complexity index is 705. The summed E-state index contributed by atoms with van der Waals surface area (Å²) in [5.41, 5.74) is 2.04. The standard InChI is InChI=1S/C19H19BrFNO2/c20-16-3-1-2-14(12-16)4-9-19(23)22-10-11-24-18(13-22)15-5-7-17(21)8-6-15/h1-3,5-8,12,18H,4,9-11,13H2. The minimum Gasteiger partial charge on any atom is -0.370 e. The van der Waals surface area contributed by atoms with Crippen molar-refractivity contribution >= 4 is 21.8 Å². The van der Waals surface area contributed by atoms with Gasteiger partial charge in [0.15, 0.2) is 0 Å². The van der Waals surface area contributed by atoms with Crippen molar-refractivity contribution in [3.63, 3.8) is 0 Å². The summed E-state index contributed by atoms with van der Waals surface area (Å²) in [7, 11) is 0. The fourth-order valence-corrected chi connectivity index (χ4v) is 3.30. The molecule has 0 spiro atoms. The molecule has 1 amide bonds. The van der Waals surface area contributed by atoms with Gasteiger partial charge >= 0.3 is 0 Å². The molecular weight excluding hydrogens is 373 g/mol. The molecule has 2 aromatic carbocycles. The number of hydrogen-bond donors (Lipinski definition) is 0. The molecule has 1 aliphatic heterocycles. The third kappa shape index (κ3) is 4.42. The molecule has 3 nitrogen and oxygen atoms in total. The van der Waals surface area contributed by atoms with Gasteiger partial charge in [0.2, 0.25) is 5.91 Å². The number of carbonyl (C=O) groups is 1. The second-order valence-electron chi connectivity index (χ2n) is 5.88. The molecule has 3 rings (SSSR count). The Morgan fingerprint density at radius 3 is 2.79 bits per heavy atom. The van der Waals surface area contributed by atoms with Crippen molar-refractivity contribution in [2.45, 2.75) is 18.9 Å². The predicted molar refractivity (Wildman–Crippen MR) is 94.1 cm³/mol. The molecule has 0 aromatic heterocycles.